The minimum atomic E-state index is -0.458. The molecule has 4 rings (SSSR count). The van der Waals surface area contributed by atoms with Gasteiger partial charge in [-0.1, -0.05) is 30.3 Å². The maximum Gasteiger partial charge on any atom is 0.247 e. The summed E-state index contributed by atoms with van der Waals surface area (Å²) in [6.45, 7) is 4.40. The second-order valence-corrected chi connectivity index (χ2v) is 7.22. The summed E-state index contributed by atoms with van der Waals surface area (Å²) in [5.74, 6) is -0.0740. The van der Waals surface area contributed by atoms with Crippen LogP contribution in [0, 0.1) is 5.82 Å². The lowest BCUT2D eigenvalue weighted by molar-refractivity contribution is -0.125. The van der Waals surface area contributed by atoms with Crippen molar-refractivity contribution in [2.75, 3.05) is 24.7 Å². The van der Waals surface area contributed by atoms with Crippen molar-refractivity contribution in [3.63, 3.8) is 0 Å². The van der Waals surface area contributed by atoms with Gasteiger partial charge in [-0.2, -0.15) is 0 Å². The van der Waals surface area contributed by atoms with Crippen LogP contribution in [0.4, 0.5) is 10.1 Å². The number of amides is 1. The molecule has 2 aromatic rings. The van der Waals surface area contributed by atoms with Crippen molar-refractivity contribution in [1.29, 1.82) is 0 Å². The third-order valence-electron chi connectivity index (χ3n) is 5.93. The van der Waals surface area contributed by atoms with Crippen LogP contribution in [-0.4, -0.2) is 36.1 Å². The number of carbonyl (C=O) groups is 1. The molecule has 26 heavy (non-hydrogen) atoms. The number of benzene rings is 2. The Morgan fingerprint density at radius 1 is 1.04 bits per heavy atom. The number of hydrogen-bond donors (Lipinski definition) is 1. The Balaban J connectivity index is 1.51. The van der Waals surface area contributed by atoms with Crippen LogP contribution >= 0.6 is 0 Å². The summed E-state index contributed by atoms with van der Waals surface area (Å²) in [4.78, 5) is 17.3. The first-order valence-electron chi connectivity index (χ1n) is 9.21. The number of nitrogens with one attached hydrogen (secondary N) is 1. The van der Waals surface area contributed by atoms with Crippen LogP contribution in [0.15, 0.2) is 54.6 Å². The zero-order chi connectivity index (χ0) is 18.1. The molecule has 1 unspecified atom stereocenters. The first-order valence-corrected chi connectivity index (χ1v) is 9.21. The van der Waals surface area contributed by atoms with Gasteiger partial charge in [-0.3, -0.25) is 9.69 Å². The van der Waals surface area contributed by atoms with Crippen LogP contribution in [0.2, 0.25) is 0 Å². The van der Waals surface area contributed by atoms with E-state index < -0.39 is 5.54 Å². The summed E-state index contributed by atoms with van der Waals surface area (Å²) >= 11 is 0. The van der Waals surface area contributed by atoms with Crippen LogP contribution in [-0.2, 0) is 4.79 Å². The third-order valence-corrected chi connectivity index (χ3v) is 5.93. The lowest BCUT2D eigenvalue weighted by atomic mass is 9.84. The molecular formula is C21H24FN3O. The first kappa shape index (κ1) is 17.0. The number of halogens is 1. The lowest BCUT2D eigenvalue weighted by Gasteiger charge is -2.45. The molecule has 5 heteroatoms. The Hall–Kier alpha value is -2.40. The summed E-state index contributed by atoms with van der Waals surface area (Å²) in [5, 5.41) is 3.04. The first-order chi connectivity index (χ1) is 12.6. The van der Waals surface area contributed by atoms with Crippen LogP contribution in [0.25, 0.3) is 0 Å². The van der Waals surface area contributed by atoms with Crippen LogP contribution < -0.4 is 10.2 Å². The van der Waals surface area contributed by atoms with Crippen molar-refractivity contribution < 1.29 is 9.18 Å². The average molecular weight is 353 g/mol. The number of nitrogens with zero attached hydrogens (tertiary/aromatic N) is 2. The van der Waals surface area contributed by atoms with Gasteiger partial charge in [-0.15, -0.1) is 0 Å². The van der Waals surface area contributed by atoms with Crippen molar-refractivity contribution in [3.05, 3.63) is 66.0 Å². The van der Waals surface area contributed by atoms with E-state index in [1.807, 2.05) is 30.3 Å². The van der Waals surface area contributed by atoms with Gasteiger partial charge in [0.1, 0.15) is 11.4 Å². The van der Waals surface area contributed by atoms with Gasteiger partial charge in [-0.05, 0) is 49.6 Å². The molecule has 2 heterocycles. The predicted octanol–water partition coefficient (Wildman–Crippen LogP) is 3.32. The maximum atomic E-state index is 13.2. The maximum absolute atomic E-state index is 13.2. The third kappa shape index (κ3) is 2.86. The van der Waals surface area contributed by atoms with Crippen molar-refractivity contribution in [3.8, 4) is 0 Å². The van der Waals surface area contributed by atoms with Gasteiger partial charge in [-0.25, -0.2) is 4.39 Å². The molecule has 1 atom stereocenters. The number of hydrogen-bond acceptors (Lipinski definition) is 3. The van der Waals surface area contributed by atoms with Crippen molar-refractivity contribution in [2.24, 2.45) is 0 Å². The van der Waals surface area contributed by atoms with Gasteiger partial charge in [0, 0.05) is 24.8 Å². The number of carbonyl (C=O) groups excluding carboxylic acids is 1. The minimum Gasteiger partial charge on any atom is -0.339 e. The molecule has 2 aliphatic rings. The Morgan fingerprint density at radius 3 is 2.35 bits per heavy atom. The van der Waals surface area contributed by atoms with Gasteiger partial charge in [0.25, 0.3) is 0 Å². The topological polar surface area (TPSA) is 35.6 Å². The lowest BCUT2D eigenvalue weighted by Crippen LogP contribution is -2.56. The molecule has 1 N–H and O–H groups in total. The normalized spacial score (nSPS) is 21.0. The Morgan fingerprint density at radius 2 is 1.69 bits per heavy atom. The molecule has 2 fully saturated rings. The molecule has 4 nitrogen and oxygen atoms in total. The highest BCUT2D eigenvalue weighted by atomic mass is 19.1. The summed E-state index contributed by atoms with van der Waals surface area (Å²) in [7, 11) is 0. The molecule has 2 saturated heterocycles. The summed E-state index contributed by atoms with van der Waals surface area (Å²) in [6.07, 6.45) is 1.58. The van der Waals surface area contributed by atoms with E-state index in [2.05, 4.69) is 34.2 Å². The van der Waals surface area contributed by atoms with E-state index in [4.69, 9.17) is 0 Å². The molecule has 0 radical (unpaired) electrons. The predicted molar refractivity (Wildman–Crippen MR) is 100 cm³/mol. The molecule has 0 bridgehead atoms. The number of rotatable bonds is 3. The van der Waals surface area contributed by atoms with Gasteiger partial charge >= 0.3 is 0 Å². The number of likely N-dealkylation sites (tertiary alicyclic amines) is 1. The van der Waals surface area contributed by atoms with Crippen LogP contribution in [0.3, 0.4) is 0 Å². The number of piperidine rings is 1. The highest BCUT2D eigenvalue weighted by Gasteiger charge is 2.50. The van der Waals surface area contributed by atoms with Gasteiger partial charge < -0.3 is 10.2 Å². The molecular weight excluding hydrogens is 329 g/mol. The SMILES string of the molecule is CC(c1ccc(F)cc1)N1CCC2(CC1)C(=O)NCN2c1ccccc1. The van der Waals surface area contributed by atoms with E-state index >= 15 is 0 Å². The highest BCUT2D eigenvalue weighted by Crippen LogP contribution is 2.38. The zero-order valence-electron chi connectivity index (χ0n) is 15.0. The fourth-order valence-electron chi connectivity index (χ4n) is 4.27. The quantitative estimate of drug-likeness (QED) is 0.920. The molecule has 2 aromatic carbocycles. The second kappa shape index (κ2) is 6.72. The smallest absolute Gasteiger partial charge is 0.247 e. The van der Waals surface area contributed by atoms with Gasteiger partial charge in [0.15, 0.2) is 0 Å². The monoisotopic (exact) mass is 353 g/mol. The zero-order valence-corrected chi connectivity index (χ0v) is 15.0. The minimum absolute atomic E-state index is 0.135. The molecule has 1 amide bonds. The molecule has 0 aliphatic carbocycles. The standard InChI is InChI=1S/C21H24FN3O/c1-16(17-7-9-18(22)10-8-17)24-13-11-21(12-14-24)20(26)23-15-25(21)19-5-3-2-4-6-19/h2-10,16H,11-15H2,1H3,(H,23,26). The van der Waals surface area contributed by atoms with Crippen LogP contribution in [0.5, 0.6) is 0 Å². The van der Waals surface area contributed by atoms with Gasteiger partial charge in [0.05, 0.1) is 6.67 Å². The Kier molecular flexibility index (Phi) is 4.41. The summed E-state index contributed by atoms with van der Waals surface area (Å²) < 4.78 is 13.2. The van der Waals surface area contributed by atoms with E-state index in [1.165, 1.54) is 12.1 Å². The van der Waals surface area contributed by atoms with E-state index in [0.29, 0.717) is 6.67 Å². The van der Waals surface area contributed by atoms with E-state index in [0.717, 1.165) is 37.2 Å². The van der Waals surface area contributed by atoms with Gasteiger partial charge in [0.2, 0.25) is 5.91 Å². The molecule has 1 spiro atoms. The largest absolute Gasteiger partial charge is 0.339 e. The van der Waals surface area contributed by atoms with E-state index in [1.54, 1.807) is 0 Å². The molecule has 136 valence electrons. The highest BCUT2D eigenvalue weighted by molar-refractivity contribution is 5.93. The number of para-hydroxylation sites is 1. The summed E-state index contributed by atoms with van der Waals surface area (Å²) in [6, 6.07) is 17.1. The number of anilines is 1. The van der Waals surface area contributed by atoms with Crippen molar-refractivity contribution in [1.82, 2.24) is 10.2 Å². The van der Waals surface area contributed by atoms with E-state index in [-0.39, 0.29) is 17.8 Å². The Bertz CT molecular complexity index is 770. The van der Waals surface area contributed by atoms with Crippen molar-refractivity contribution in [2.45, 2.75) is 31.3 Å². The van der Waals surface area contributed by atoms with E-state index in [9.17, 15) is 9.18 Å². The molecule has 2 aliphatic heterocycles. The molecule has 0 saturated carbocycles. The van der Waals surface area contributed by atoms with Crippen LogP contribution in [0.1, 0.15) is 31.4 Å². The second-order valence-electron chi connectivity index (χ2n) is 7.22. The fraction of sp³-hybridized carbons (Fsp3) is 0.381. The van der Waals surface area contributed by atoms with Crippen molar-refractivity contribution >= 4 is 11.6 Å². The average Bonchev–Trinajstić information content (AvgIpc) is 2.99. The fourth-order valence-corrected chi connectivity index (χ4v) is 4.27. The Labute approximate surface area is 153 Å². The molecule has 0 aromatic heterocycles. The summed E-state index contributed by atoms with van der Waals surface area (Å²) in [5.41, 5.74) is 1.74.